The number of nitrogens with one attached hydrogen (secondary N) is 3. The van der Waals surface area contributed by atoms with E-state index in [-0.39, 0.29) is 24.6 Å². The Morgan fingerprint density at radius 2 is 1.97 bits per heavy atom. The van der Waals surface area contributed by atoms with Crippen molar-refractivity contribution in [2.45, 2.75) is 25.3 Å². The molecule has 0 spiro atoms. The second kappa shape index (κ2) is 9.09. The maximum atomic E-state index is 13.5. The summed E-state index contributed by atoms with van der Waals surface area (Å²) < 4.78 is 18.6. The summed E-state index contributed by atoms with van der Waals surface area (Å²) in [5.41, 5.74) is 2.19. The number of carbonyl (C=O) groups excluding carboxylic acids is 3. The number of carbonyl (C=O) groups is 3. The Morgan fingerprint density at radius 1 is 1.19 bits per heavy atom. The van der Waals surface area contributed by atoms with Gasteiger partial charge in [0, 0.05) is 30.1 Å². The van der Waals surface area contributed by atoms with Crippen molar-refractivity contribution in [2.75, 3.05) is 18.6 Å². The first-order chi connectivity index (χ1) is 15.5. The van der Waals surface area contributed by atoms with Crippen LogP contribution in [0.5, 0.6) is 5.75 Å². The van der Waals surface area contributed by atoms with Crippen LogP contribution in [-0.2, 0) is 16.0 Å². The Balaban J connectivity index is 1.26. The van der Waals surface area contributed by atoms with Gasteiger partial charge in [0.25, 0.3) is 5.91 Å². The Hall–Kier alpha value is -3.88. The molecule has 1 aliphatic rings. The van der Waals surface area contributed by atoms with E-state index in [4.69, 9.17) is 4.74 Å². The molecular weight excluding hydrogens is 415 g/mol. The fraction of sp³-hybridized carbons (Fsp3) is 0.261. The number of H-pyrrole nitrogens is 1. The summed E-state index contributed by atoms with van der Waals surface area (Å²) >= 11 is 0. The number of hydrogen-bond donors (Lipinski definition) is 3. The van der Waals surface area contributed by atoms with Crippen LogP contribution in [0.1, 0.15) is 18.4 Å². The van der Waals surface area contributed by atoms with Crippen LogP contribution < -0.4 is 20.3 Å². The summed E-state index contributed by atoms with van der Waals surface area (Å²) in [5, 5.41) is 6.22. The molecule has 166 valence electrons. The molecule has 2 aromatic carbocycles. The number of amides is 4. The van der Waals surface area contributed by atoms with Crippen molar-refractivity contribution in [3.05, 3.63) is 60.0 Å². The largest absolute Gasteiger partial charge is 0.497 e. The number of methoxy groups -OCH3 is 1. The minimum Gasteiger partial charge on any atom is -0.497 e. The Labute approximate surface area is 183 Å². The Kier molecular flexibility index (Phi) is 6.07. The summed E-state index contributed by atoms with van der Waals surface area (Å²) in [7, 11) is 1.53. The molecule has 0 radical (unpaired) electrons. The van der Waals surface area contributed by atoms with Crippen LogP contribution >= 0.6 is 0 Å². The fourth-order valence-corrected chi connectivity index (χ4v) is 3.76. The molecule has 1 atom stereocenters. The highest BCUT2D eigenvalue weighted by atomic mass is 19.1. The molecule has 1 aliphatic heterocycles. The molecule has 1 aromatic heterocycles. The molecule has 2 heterocycles. The van der Waals surface area contributed by atoms with Crippen LogP contribution in [0.3, 0.4) is 0 Å². The number of imide groups is 1. The third kappa shape index (κ3) is 4.41. The second-order valence-corrected chi connectivity index (χ2v) is 7.52. The third-order valence-electron chi connectivity index (χ3n) is 5.46. The van der Waals surface area contributed by atoms with Crippen molar-refractivity contribution in [3.8, 4) is 5.75 Å². The van der Waals surface area contributed by atoms with Crippen LogP contribution in [0.4, 0.5) is 14.9 Å². The summed E-state index contributed by atoms with van der Waals surface area (Å²) in [5.74, 6) is -0.309. The lowest BCUT2D eigenvalue weighted by Gasteiger charge is -2.13. The van der Waals surface area contributed by atoms with Gasteiger partial charge >= 0.3 is 6.03 Å². The monoisotopic (exact) mass is 438 g/mol. The van der Waals surface area contributed by atoms with Gasteiger partial charge in [-0.1, -0.05) is 0 Å². The zero-order valence-electron chi connectivity index (χ0n) is 17.5. The van der Waals surface area contributed by atoms with Crippen molar-refractivity contribution >= 4 is 34.4 Å². The van der Waals surface area contributed by atoms with Gasteiger partial charge in [0.1, 0.15) is 17.6 Å². The molecule has 9 heteroatoms. The first-order valence-electron chi connectivity index (χ1n) is 10.3. The topological polar surface area (TPSA) is 104 Å². The molecule has 3 N–H and O–H groups in total. The number of hydrogen-bond acceptors (Lipinski definition) is 4. The van der Waals surface area contributed by atoms with Crippen molar-refractivity contribution in [2.24, 2.45) is 0 Å². The van der Waals surface area contributed by atoms with E-state index in [0.29, 0.717) is 24.4 Å². The van der Waals surface area contributed by atoms with Gasteiger partial charge in [0.05, 0.1) is 12.8 Å². The molecule has 1 fully saturated rings. The molecule has 0 bridgehead atoms. The second-order valence-electron chi connectivity index (χ2n) is 7.52. The number of rotatable bonds is 8. The van der Waals surface area contributed by atoms with Crippen LogP contribution in [0, 0.1) is 5.82 Å². The molecule has 1 saturated heterocycles. The van der Waals surface area contributed by atoms with Crippen LogP contribution in [0.25, 0.3) is 10.9 Å². The smallest absolute Gasteiger partial charge is 0.329 e. The zero-order valence-corrected chi connectivity index (χ0v) is 17.5. The predicted molar refractivity (Wildman–Crippen MR) is 117 cm³/mol. The molecule has 4 rings (SSSR count). The SMILES string of the molecule is COc1ccc(N2C(=O)N[C@H](CCC(=O)NCCc3c[nH]c4ccc(F)cc34)C2=O)cc1. The molecule has 0 aliphatic carbocycles. The summed E-state index contributed by atoms with van der Waals surface area (Å²) in [6, 6.07) is 9.84. The van der Waals surface area contributed by atoms with Gasteiger partial charge in [0.2, 0.25) is 5.91 Å². The number of benzene rings is 2. The summed E-state index contributed by atoms with van der Waals surface area (Å²) in [4.78, 5) is 41.3. The van der Waals surface area contributed by atoms with E-state index in [2.05, 4.69) is 15.6 Å². The maximum absolute atomic E-state index is 13.5. The fourth-order valence-electron chi connectivity index (χ4n) is 3.76. The van der Waals surface area contributed by atoms with E-state index in [1.165, 1.54) is 19.2 Å². The van der Waals surface area contributed by atoms with E-state index in [0.717, 1.165) is 21.4 Å². The molecule has 0 saturated carbocycles. The van der Waals surface area contributed by atoms with Gasteiger partial charge in [-0.15, -0.1) is 0 Å². The normalized spacial score (nSPS) is 15.8. The van der Waals surface area contributed by atoms with Gasteiger partial charge in [-0.3, -0.25) is 9.59 Å². The number of nitrogens with zero attached hydrogens (tertiary/aromatic N) is 1. The van der Waals surface area contributed by atoms with Crippen LogP contribution in [0.15, 0.2) is 48.7 Å². The zero-order chi connectivity index (χ0) is 22.7. The highest BCUT2D eigenvalue weighted by molar-refractivity contribution is 6.21. The lowest BCUT2D eigenvalue weighted by atomic mass is 10.1. The highest BCUT2D eigenvalue weighted by Gasteiger charge is 2.38. The standard InChI is InChI=1S/C23H23FN4O4/c1-32-17-5-3-16(4-6-17)28-22(30)20(27-23(28)31)8-9-21(29)25-11-10-14-13-26-19-7-2-15(24)12-18(14)19/h2-7,12-13,20,26H,8-11H2,1H3,(H,25,29)(H,27,31)/t20-/m1/s1. The van der Waals surface area contributed by atoms with Crippen molar-refractivity contribution in [3.63, 3.8) is 0 Å². The third-order valence-corrected chi connectivity index (χ3v) is 5.46. The predicted octanol–water partition coefficient (Wildman–Crippen LogP) is 2.88. The van der Waals surface area contributed by atoms with E-state index in [1.54, 1.807) is 36.5 Å². The van der Waals surface area contributed by atoms with E-state index < -0.39 is 18.0 Å². The van der Waals surface area contributed by atoms with Gasteiger partial charge < -0.3 is 20.4 Å². The van der Waals surface area contributed by atoms with Gasteiger partial charge in [0.15, 0.2) is 0 Å². The van der Waals surface area contributed by atoms with Gasteiger partial charge in [-0.25, -0.2) is 14.1 Å². The van der Waals surface area contributed by atoms with Crippen molar-refractivity contribution < 1.29 is 23.5 Å². The average Bonchev–Trinajstić information content (AvgIpc) is 3.31. The van der Waals surface area contributed by atoms with Gasteiger partial charge in [-0.05, 0) is 60.9 Å². The Bertz CT molecular complexity index is 1160. The number of urea groups is 1. The number of aromatic amines is 1. The number of halogens is 1. The molecule has 8 nitrogen and oxygen atoms in total. The lowest BCUT2D eigenvalue weighted by Crippen LogP contribution is -2.33. The number of anilines is 1. The van der Waals surface area contributed by atoms with Crippen LogP contribution in [0.2, 0.25) is 0 Å². The quantitative estimate of drug-likeness (QED) is 0.471. The number of aromatic nitrogens is 1. The van der Waals surface area contributed by atoms with E-state index >= 15 is 0 Å². The molecule has 32 heavy (non-hydrogen) atoms. The number of ether oxygens (including phenoxy) is 1. The minimum atomic E-state index is -0.757. The van der Waals surface area contributed by atoms with Crippen molar-refractivity contribution in [1.29, 1.82) is 0 Å². The highest BCUT2D eigenvalue weighted by Crippen LogP contribution is 2.24. The first-order valence-corrected chi connectivity index (χ1v) is 10.3. The van der Waals surface area contributed by atoms with E-state index in [1.807, 2.05) is 0 Å². The molecule has 3 aromatic rings. The average molecular weight is 438 g/mol. The minimum absolute atomic E-state index is 0.0929. The molecule has 0 unspecified atom stereocenters. The maximum Gasteiger partial charge on any atom is 0.329 e. The van der Waals surface area contributed by atoms with Crippen molar-refractivity contribution in [1.82, 2.24) is 15.6 Å². The van der Waals surface area contributed by atoms with Crippen LogP contribution in [-0.4, -0.2) is 42.5 Å². The summed E-state index contributed by atoms with van der Waals surface area (Å²) in [6.45, 7) is 0.380. The number of fused-ring (bicyclic) bond motifs is 1. The molecule has 4 amide bonds. The lowest BCUT2D eigenvalue weighted by molar-refractivity contribution is -0.121. The van der Waals surface area contributed by atoms with E-state index in [9.17, 15) is 18.8 Å². The Morgan fingerprint density at radius 3 is 2.72 bits per heavy atom. The van der Waals surface area contributed by atoms with Gasteiger partial charge in [-0.2, -0.15) is 0 Å². The molecular formula is C23H23FN4O4. The summed E-state index contributed by atoms with van der Waals surface area (Å²) in [6.07, 6.45) is 2.63. The first kappa shape index (κ1) is 21.4.